The van der Waals surface area contributed by atoms with Gasteiger partial charge in [-0.2, -0.15) is 0 Å². The summed E-state index contributed by atoms with van der Waals surface area (Å²) >= 11 is 1.50. The first-order valence-corrected chi connectivity index (χ1v) is 8.34. The van der Waals surface area contributed by atoms with Gasteiger partial charge in [-0.05, 0) is 36.7 Å². The number of pyridine rings is 2. The van der Waals surface area contributed by atoms with Crippen molar-refractivity contribution in [2.45, 2.75) is 6.85 Å². The highest BCUT2D eigenvalue weighted by atomic mass is 32.1. The van der Waals surface area contributed by atoms with Crippen LogP contribution in [0, 0.1) is 6.85 Å². The van der Waals surface area contributed by atoms with Crippen LogP contribution in [-0.4, -0.2) is 19.5 Å². The summed E-state index contributed by atoms with van der Waals surface area (Å²) in [7, 11) is 1.95. The second kappa shape index (κ2) is 4.85. The summed E-state index contributed by atoms with van der Waals surface area (Å²) in [5.74, 6) is 0.784. The topological polar surface area (TPSA) is 43.6 Å². The molecule has 0 fully saturated rings. The van der Waals surface area contributed by atoms with Gasteiger partial charge in [-0.15, -0.1) is 11.3 Å². The van der Waals surface area contributed by atoms with Gasteiger partial charge >= 0.3 is 0 Å². The van der Waals surface area contributed by atoms with Gasteiger partial charge < -0.3 is 4.57 Å². The summed E-state index contributed by atoms with van der Waals surface area (Å²) in [4.78, 5) is 14.2. The van der Waals surface area contributed by atoms with Crippen LogP contribution < -0.4 is 0 Å². The molecule has 0 aliphatic heterocycles. The van der Waals surface area contributed by atoms with E-state index < -0.39 is 6.85 Å². The SMILES string of the molecule is [2H]C([2H])([2H])c1ccc(-c2nc3ccncc3n2C)c2sc3ncccc3c12. The Balaban J connectivity index is 1.93. The maximum absolute atomic E-state index is 7.96. The maximum Gasteiger partial charge on any atom is 0.142 e. The van der Waals surface area contributed by atoms with Crippen molar-refractivity contribution < 1.29 is 4.11 Å². The monoisotopic (exact) mass is 333 g/mol. The molecule has 0 saturated carbocycles. The van der Waals surface area contributed by atoms with E-state index in [1.807, 2.05) is 35.9 Å². The number of rotatable bonds is 1. The molecule has 24 heavy (non-hydrogen) atoms. The molecule has 0 bridgehead atoms. The van der Waals surface area contributed by atoms with E-state index in [-0.39, 0.29) is 0 Å². The second-order valence-electron chi connectivity index (χ2n) is 5.68. The smallest absolute Gasteiger partial charge is 0.142 e. The van der Waals surface area contributed by atoms with Crippen LogP contribution in [0.4, 0.5) is 0 Å². The van der Waals surface area contributed by atoms with Crippen LogP contribution in [0.25, 0.3) is 42.7 Å². The molecule has 5 aromatic rings. The Bertz CT molecular complexity index is 1330. The van der Waals surface area contributed by atoms with Crippen molar-refractivity contribution in [2.75, 3.05) is 0 Å². The fourth-order valence-electron chi connectivity index (χ4n) is 3.17. The summed E-state index contributed by atoms with van der Waals surface area (Å²) in [5, 5.41) is 1.61. The number of hydrogen-bond donors (Lipinski definition) is 0. The Labute approximate surface area is 146 Å². The third kappa shape index (κ3) is 1.76. The highest BCUT2D eigenvalue weighted by Gasteiger charge is 2.17. The quantitative estimate of drug-likeness (QED) is 0.446. The number of hydrogen-bond acceptors (Lipinski definition) is 4. The molecule has 4 aromatic heterocycles. The van der Waals surface area contributed by atoms with Crippen LogP contribution in [0.15, 0.2) is 48.9 Å². The average Bonchev–Trinajstić information content (AvgIpc) is 3.19. The molecule has 4 heterocycles. The van der Waals surface area contributed by atoms with E-state index in [1.54, 1.807) is 24.7 Å². The zero-order valence-corrected chi connectivity index (χ0v) is 13.6. The van der Waals surface area contributed by atoms with Crippen molar-refractivity contribution in [2.24, 2.45) is 7.05 Å². The highest BCUT2D eigenvalue weighted by molar-refractivity contribution is 7.26. The highest BCUT2D eigenvalue weighted by Crippen LogP contribution is 2.40. The molecular formula is C19H14N4S. The zero-order valence-electron chi connectivity index (χ0n) is 15.8. The Hall–Kier alpha value is -2.79. The third-order valence-corrected chi connectivity index (χ3v) is 5.47. The predicted octanol–water partition coefficient (Wildman–Crippen LogP) is 4.71. The Morgan fingerprint density at radius 2 is 2.12 bits per heavy atom. The van der Waals surface area contributed by atoms with E-state index in [1.165, 1.54) is 11.3 Å². The summed E-state index contributed by atoms with van der Waals surface area (Å²) in [5.41, 5.74) is 3.04. The number of imidazole rings is 1. The lowest BCUT2D eigenvalue weighted by Gasteiger charge is -2.06. The number of nitrogens with zero attached hydrogens (tertiary/aromatic N) is 4. The van der Waals surface area contributed by atoms with E-state index in [0.29, 0.717) is 5.56 Å². The lowest BCUT2D eigenvalue weighted by atomic mass is 10.0. The minimum absolute atomic E-state index is 0.348. The molecule has 0 amide bonds. The molecule has 1 aromatic carbocycles. The third-order valence-electron chi connectivity index (χ3n) is 4.32. The van der Waals surface area contributed by atoms with Gasteiger partial charge in [-0.1, -0.05) is 6.07 Å². The van der Waals surface area contributed by atoms with Crippen molar-refractivity contribution in [3.8, 4) is 11.4 Å². The lowest BCUT2D eigenvalue weighted by Crippen LogP contribution is -1.93. The Kier molecular flexibility index (Phi) is 2.20. The molecule has 0 radical (unpaired) electrons. The van der Waals surface area contributed by atoms with Crippen LogP contribution in [0.5, 0.6) is 0 Å². The van der Waals surface area contributed by atoms with E-state index in [9.17, 15) is 0 Å². The normalized spacial score (nSPS) is 14.1. The van der Waals surface area contributed by atoms with Gasteiger partial charge in [0.15, 0.2) is 0 Å². The van der Waals surface area contributed by atoms with Gasteiger partial charge in [0.2, 0.25) is 0 Å². The van der Waals surface area contributed by atoms with E-state index >= 15 is 0 Å². The summed E-state index contributed by atoms with van der Waals surface area (Å²) in [6, 6.07) is 9.19. The van der Waals surface area contributed by atoms with Crippen molar-refractivity contribution in [3.05, 3.63) is 54.5 Å². The van der Waals surface area contributed by atoms with Crippen molar-refractivity contribution >= 4 is 42.7 Å². The molecular weight excluding hydrogens is 316 g/mol. The van der Waals surface area contributed by atoms with E-state index in [4.69, 9.17) is 9.10 Å². The van der Waals surface area contributed by atoms with Crippen LogP contribution >= 0.6 is 11.3 Å². The zero-order chi connectivity index (χ0) is 18.8. The Morgan fingerprint density at radius 3 is 3.00 bits per heavy atom. The molecule has 4 nitrogen and oxygen atoms in total. The standard InChI is InChI=1S/C19H14N4S/c1-11-5-6-13(17-16(11)12-4-3-8-21-19(12)24-17)18-22-14-7-9-20-10-15(14)23(18)2/h3-10H,1-2H3/i1D3. The predicted molar refractivity (Wildman–Crippen MR) is 99.4 cm³/mol. The molecule has 0 aliphatic rings. The minimum Gasteiger partial charge on any atom is -0.326 e. The number of aromatic nitrogens is 4. The molecule has 5 heteroatoms. The number of thiophene rings is 1. The molecule has 0 spiro atoms. The Morgan fingerprint density at radius 1 is 1.17 bits per heavy atom. The molecule has 5 rings (SSSR count). The molecule has 0 aliphatic carbocycles. The van der Waals surface area contributed by atoms with Gasteiger partial charge in [0, 0.05) is 44.6 Å². The first kappa shape index (κ1) is 10.9. The number of aryl methyl sites for hydroxylation is 2. The van der Waals surface area contributed by atoms with Gasteiger partial charge in [0.1, 0.15) is 10.7 Å². The van der Waals surface area contributed by atoms with Crippen LogP contribution in [0.2, 0.25) is 0 Å². The fourth-order valence-corrected chi connectivity index (χ4v) is 4.35. The first-order chi connectivity index (χ1) is 12.9. The average molecular weight is 333 g/mol. The van der Waals surface area contributed by atoms with Crippen molar-refractivity contribution in [3.63, 3.8) is 0 Å². The molecule has 0 atom stereocenters. The molecule has 0 N–H and O–H groups in total. The lowest BCUT2D eigenvalue weighted by molar-refractivity contribution is 0.958. The van der Waals surface area contributed by atoms with Crippen LogP contribution in [-0.2, 0) is 7.05 Å². The van der Waals surface area contributed by atoms with Crippen molar-refractivity contribution in [1.82, 2.24) is 19.5 Å². The molecule has 0 unspecified atom stereocenters. The number of fused-ring (bicyclic) bond motifs is 4. The van der Waals surface area contributed by atoms with E-state index in [2.05, 4.69) is 9.97 Å². The van der Waals surface area contributed by atoms with Crippen LogP contribution in [0.1, 0.15) is 9.68 Å². The minimum atomic E-state index is -2.20. The summed E-state index contributed by atoms with van der Waals surface area (Å²) in [6.07, 6.45) is 5.23. The molecule has 116 valence electrons. The summed E-state index contributed by atoms with van der Waals surface area (Å²) < 4.78 is 26.8. The first-order valence-electron chi connectivity index (χ1n) is 9.02. The van der Waals surface area contributed by atoms with Gasteiger partial charge in [-0.3, -0.25) is 4.98 Å². The van der Waals surface area contributed by atoms with E-state index in [0.717, 1.165) is 42.7 Å². The molecule has 0 saturated heterocycles. The largest absolute Gasteiger partial charge is 0.326 e. The van der Waals surface area contributed by atoms with Gasteiger partial charge in [0.05, 0.1) is 17.2 Å². The maximum atomic E-state index is 7.96. The second-order valence-corrected chi connectivity index (χ2v) is 6.68. The van der Waals surface area contributed by atoms with Gasteiger partial charge in [0.25, 0.3) is 0 Å². The summed E-state index contributed by atoms with van der Waals surface area (Å²) in [6.45, 7) is -2.20. The van der Waals surface area contributed by atoms with Gasteiger partial charge in [-0.25, -0.2) is 9.97 Å². The fraction of sp³-hybridized carbons (Fsp3) is 0.105. The van der Waals surface area contributed by atoms with Crippen molar-refractivity contribution in [1.29, 1.82) is 0 Å². The number of benzene rings is 1. The van der Waals surface area contributed by atoms with Crippen LogP contribution in [0.3, 0.4) is 0 Å².